The number of hydrogen-bond donors (Lipinski definition) is 0. The summed E-state index contributed by atoms with van der Waals surface area (Å²) in [5.74, 6) is 1.28. The van der Waals surface area contributed by atoms with E-state index >= 15 is 0 Å². The Morgan fingerprint density at radius 1 is 1.21 bits per heavy atom. The summed E-state index contributed by atoms with van der Waals surface area (Å²) in [7, 11) is 1.65. The van der Waals surface area contributed by atoms with Gasteiger partial charge in [0.15, 0.2) is 5.13 Å². The minimum Gasteiger partial charge on any atom is -0.497 e. The third kappa shape index (κ3) is 7.07. The second kappa shape index (κ2) is 12.6. The Morgan fingerprint density at radius 3 is 2.70 bits per heavy atom. The number of carbonyl (C=O) groups is 1. The summed E-state index contributed by atoms with van der Waals surface area (Å²) >= 11 is 3.14. The van der Waals surface area contributed by atoms with Gasteiger partial charge in [0.05, 0.1) is 36.3 Å². The molecule has 9 heteroatoms. The van der Waals surface area contributed by atoms with E-state index in [1.54, 1.807) is 30.2 Å². The number of rotatable bonds is 9. The van der Waals surface area contributed by atoms with Gasteiger partial charge in [-0.3, -0.25) is 14.6 Å². The third-order valence-corrected chi connectivity index (χ3v) is 7.48. The molecule has 0 unspecified atom stereocenters. The Labute approximate surface area is 209 Å². The number of ether oxygens (including phenoxy) is 2. The van der Waals surface area contributed by atoms with Crippen LogP contribution in [0.3, 0.4) is 0 Å². The van der Waals surface area contributed by atoms with Gasteiger partial charge in [0.2, 0.25) is 5.91 Å². The highest BCUT2D eigenvalue weighted by Crippen LogP contribution is 2.31. The molecule has 2 aromatic carbocycles. The molecule has 4 rings (SSSR count). The fourth-order valence-electron chi connectivity index (χ4n) is 3.63. The summed E-state index contributed by atoms with van der Waals surface area (Å²) in [6, 6.07) is 14.0. The lowest BCUT2D eigenvalue weighted by molar-refractivity contribution is -0.116. The van der Waals surface area contributed by atoms with Gasteiger partial charge in [-0.15, -0.1) is 24.2 Å². The van der Waals surface area contributed by atoms with E-state index in [9.17, 15) is 4.79 Å². The van der Waals surface area contributed by atoms with Crippen molar-refractivity contribution in [2.45, 2.75) is 18.2 Å². The molecule has 1 saturated heterocycles. The van der Waals surface area contributed by atoms with Gasteiger partial charge >= 0.3 is 0 Å². The zero-order valence-electron chi connectivity index (χ0n) is 19.0. The van der Waals surface area contributed by atoms with Crippen LogP contribution in [-0.2, 0) is 9.53 Å². The highest BCUT2D eigenvalue weighted by atomic mass is 35.5. The maximum Gasteiger partial charge on any atom is 0.239 e. The summed E-state index contributed by atoms with van der Waals surface area (Å²) in [6.07, 6.45) is 0.911. The normalized spacial score (nSPS) is 14.1. The molecule has 2 heterocycles. The van der Waals surface area contributed by atoms with Gasteiger partial charge in [-0.05, 0) is 55.3 Å². The van der Waals surface area contributed by atoms with Crippen molar-refractivity contribution in [3.8, 4) is 5.75 Å². The minimum atomic E-state index is 0. The highest BCUT2D eigenvalue weighted by Gasteiger charge is 2.21. The highest BCUT2D eigenvalue weighted by molar-refractivity contribution is 8.00. The van der Waals surface area contributed by atoms with Crippen LogP contribution < -0.4 is 9.64 Å². The molecule has 0 atom stereocenters. The van der Waals surface area contributed by atoms with Crippen molar-refractivity contribution in [1.82, 2.24) is 9.88 Å². The molecule has 1 amide bonds. The summed E-state index contributed by atoms with van der Waals surface area (Å²) in [5, 5.41) is 0.785. The topological polar surface area (TPSA) is 54.9 Å². The van der Waals surface area contributed by atoms with E-state index in [4.69, 9.17) is 14.5 Å². The molecule has 1 aliphatic rings. The SMILES string of the molecule is COc1ccc(SCC(=O)N(CCCN2CCOCC2)c2nc3ccc(C)cc3s2)cc1.Cl. The van der Waals surface area contributed by atoms with E-state index in [1.165, 1.54) is 5.56 Å². The Bertz CT molecular complexity index is 1040. The quantitative estimate of drug-likeness (QED) is 0.385. The molecule has 3 aromatic rings. The van der Waals surface area contributed by atoms with Crippen LogP contribution in [0.1, 0.15) is 12.0 Å². The number of morpholine rings is 1. The molecule has 178 valence electrons. The second-order valence-corrected chi connectivity index (χ2v) is 9.84. The summed E-state index contributed by atoms with van der Waals surface area (Å²) in [4.78, 5) is 23.4. The van der Waals surface area contributed by atoms with Gasteiger partial charge in [-0.25, -0.2) is 4.98 Å². The molecule has 33 heavy (non-hydrogen) atoms. The van der Waals surface area contributed by atoms with E-state index in [1.807, 2.05) is 35.2 Å². The number of anilines is 1. The van der Waals surface area contributed by atoms with E-state index in [0.29, 0.717) is 12.3 Å². The van der Waals surface area contributed by atoms with Gasteiger partial charge in [0, 0.05) is 31.1 Å². The van der Waals surface area contributed by atoms with Crippen LogP contribution >= 0.6 is 35.5 Å². The molecule has 1 aromatic heterocycles. The number of benzene rings is 2. The first-order valence-electron chi connectivity index (χ1n) is 10.9. The van der Waals surface area contributed by atoms with Crippen molar-refractivity contribution in [1.29, 1.82) is 0 Å². The first-order valence-corrected chi connectivity index (χ1v) is 12.7. The number of carbonyl (C=O) groups excluding carboxylic acids is 1. The van der Waals surface area contributed by atoms with Crippen LogP contribution in [0.15, 0.2) is 47.4 Å². The summed E-state index contributed by atoms with van der Waals surface area (Å²) in [5.41, 5.74) is 2.15. The van der Waals surface area contributed by atoms with Crippen LogP contribution in [0.2, 0.25) is 0 Å². The maximum atomic E-state index is 13.3. The average molecular weight is 508 g/mol. The largest absolute Gasteiger partial charge is 0.497 e. The predicted molar refractivity (Wildman–Crippen MR) is 140 cm³/mol. The Morgan fingerprint density at radius 2 is 1.97 bits per heavy atom. The number of aromatic nitrogens is 1. The number of thiazole rings is 1. The Balaban J connectivity index is 0.00000306. The van der Waals surface area contributed by atoms with Crippen LogP contribution in [0, 0.1) is 6.92 Å². The van der Waals surface area contributed by atoms with Crippen LogP contribution in [-0.4, -0.2) is 68.0 Å². The first kappa shape index (κ1) is 25.8. The molecular weight excluding hydrogens is 478 g/mol. The Kier molecular flexibility index (Phi) is 9.82. The molecule has 1 aliphatic heterocycles. The molecule has 1 fully saturated rings. The van der Waals surface area contributed by atoms with Gasteiger partial charge in [0.1, 0.15) is 5.75 Å². The lowest BCUT2D eigenvalue weighted by Gasteiger charge is -2.27. The number of halogens is 1. The van der Waals surface area contributed by atoms with E-state index < -0.39 is 0 Å². The number of amides is 1. The fourth-order valence-corrected chi connectivity index (χ4v) is 5.52. The van der Waals surface area contributed by atoms with Gasteiger partial charge in [0.25, 0.3) is 0 Å². The molecule has 0 N–H and O–H groups in total. The zero-order valence-corrected chi connectivity index (χ0v) is 21.4. The monoisotopic (exact) mass is 507 g/mol. The first-order chi connectivity index (χ1) is 15.6. The molecule has 0 spiro atoms. The molecular formula is C24H30ClN3O3S2. The van der Waals surface area contributed by atoms with Gasteiger partial charge in [-0.1, -0.05) is 17.4 Å². The number of aryl methyl sites for hydroxylation is 1. The minimum absolute atomic E-state index is 0. The summed E-state index contributed by atoms with van der Waals surface area (Å²) in [6.45, 7) is 7.20. The van der Waals surface area contributed by atoms with Crippen molar-refractivity contribution < 1.29 is 14.3 Å². The summed E-state index contributed by atoms with van der Waals surface area (Å²) < 4.78 is 11.8. The molecule has 0 saturated carbocycles. The van der Waals surface area contributed by atoms with E-state index in [2.05, 4.69) is 24.0 Å². The number of thioether (sulfide) groups is 1. The van der Waals surface area contributed by atoms with Crippen molar-refractivity contribution in [3.63, 3.8) is 0 Å². The third-order valence-electron chi connectivity index (χ3n) is 5.45. The standard InChI is InChI=1S/C24H29N3O3S2.ClH/c1-18-4-9-21-22(16-18)32-24(25-21)27(11-3-10-26-12-14-30-15-13-26)23(28)17-31-20-7-5-19(29-2)6-8-20;/h4-9,16H,3,10-15,17H2,1-2H3;1H. The molecule has 0 aliphatic carbocycles. The lowest BCUT2D eigenvalue weighted by atomic mass is 10.2. The van der Waals surface area contributed by atoms with Crippen LogP contribution in [0.25, 0.3) is 10.2 Å². The average Bonchev–Trinajstić information content (AvgIpc) is 3.24. The number of fused-ring (bicyclic) bond motifs is 1. The Hall–Kier alpha value is -1.84. The lowest BCUT2D eigenvalue weighted by Crippen LogP contribution is -2.39. The van der Waals surface area contributed by atoms with Gasteiger partial charge in [-0.2, -0.15) is 0 Å². The van der Waals surface area contributed by atoms with E-state index in [0.717, 1.165) is 65.3 Å². The number of hydrogen-bond acceptors (Lipinski definition) is 7. The fraction of sp³-hybridized carbons (Fsp3) is 0.417. The molecule has 0 radical (unpaired) electrons. The van der Waals surface area contributed by atoms with Crippen molar-refractivity contribution >= 4 is 56.8 Å². The van der Waals surface area contributed by atoms with E-state index in [-0.39, 0.29) is 18.3 Å². The molecule has 0 bridgehead atoms. The van der Waals surface area contributed by atoms with Gasteiger partial charge < -0.3 is 9.47 Å². The van der Waals surface area contributed by atoms with Crippen LogP contribution in [0.5, 0.6) is 5.75 Å². The van der Waals surface area contributed by atoms with Crippen molar-refractivity contribution in [2.24, 2.45) is 0 Å². The van der Waals surface area contributed by atoms with Crippen molar-refractivity contribution in [3.05, 3.63) is 48.0 Å². The smallest absolute Gasteiger partial charge is 0.239 e. The van der Waals surface area contributed by atoms with Crippen molar-refractivity contribution in [2.75, 3.05) is 57.2 Å². The number of methoxy groups -OCH3 is 1. The predicted octanol–water partition coefficient (Wildman–Crippen LogP) is 4.88. The zero-order chi connectivity index (χ0) is 22.3. The van der Waals surface area contributed by atoms with Crippen LogP contribution in [0.4, 0.5) is 5.13 Å². The maximum absolute atomic E-state index is 13.3. The molecule has 6 nitrogen and oxygen atoms in total. The number of nitrogens with zero attached hydrogens (tertiary/aromatic N) is 3. The second-order valence-electron chi connectivity index (χ2n) is 7.78.